The third-order valence-electron chi connectivity index (χ3n) is 6.66. The van der Waals surface area contributed by atoms with Crippen molar-refractivity contribution in [2.24, 2.45) is 11.8 Å². The molecule has 45 heavy (non-hydrogen) atoms. The number of hydrogen-bond donors (Lipinski definition) is 2. The molecule has 2 aromatic carbocycles. The molecular weight excluding hydrogens is 623 g/mol. The summed E-state index contributed by atoms with van der Waals surface area (Å²) in [7, 11) is 0. The van der Waals surface area contributed by atoms with E-state index in [0.29, 0.717) is 40.8 Å². The minimum Gasteiger partial charge on any atom is -0.443 e. The third-order valence-corrected chi connectivity index (χ3v) is 7.13. The SMILES string of the molecule is CCC(CNc1cc(Cl)ccc1N(C(=O)OC(C)(C)C)C(=O)OC(C)(C)C)C(=O)ON1C(=O)C(CC)CNc2cc(Cl)ccc21. The molecule has 2 aromatic rings. The van der Waals surface area contributed by atoms with Crippen molar-refractivity contribution in [1.82, 2.24) is 0 Å². The van der Waals surface area contributed by atoms with Gasteiger partial charge in [0.2, 0.25) is 0 Å². The zero-order chi connectivity index (χ0) is 33.7. The van der Waals surface area contributed by atoms with Gasteiger partial charge in [-0.3, -0.25) is 4.79 Å². The lowest BCUT2D eigenvalue weighted by molar-refractivity contribution is -0.155. The normalized spacial score (nSPS) is 15.6. The first-order valence-corrected chi connectivity index (χ1v) is 15.6. The van der Waals surface area contributed by atoms with Crippen LogP contribution in [0.15, 0.2) is 36.4 Å². The lowest BCUT2D eigenvalue weighted by atomic mass is 10.1. The number of halogens is 2. The second kappa shape index (κ2) is 14.6. The number of benzene rings is 2. The number of nitrogens with zero attached hydrogens (tertiary/aromatic N) is 2. The zero-order valence-electron chi connectivity index (χ0n) is 27.0. The summed E-state index contributed by atoms with van der Waals surface area (Å²) in [5, 5.41) is 8.16. The summed E-state index contributed by atoms with van der Waals surface area (Å²) in [4.78, 5) is 60.0. The Morgan fingerprint density at radius 3 is 2.11 bits per heavy atom. The van der Waals surface area contributed by atoms with Gasteiger partial charge in [-0.25, -0.2) is 14.4 Å². The molecule has 0 fully saturated rings. The van der Waals surface area contributed by atoms with Crippen molar-refractivity contribution in [3.8, 4) is 0 Å². The molecule has 11 nitrogen and oxygen atoms in total. The Hall–Kier alpha value is -3.70. The smallest absolute Gasteiger partial charge is 0.424 e. The number of hydroxylamine groups is 1. The summed E-state index contributed by atoms with van der Waals surface area (Å²) >= 11 is 12.5. The zero-order valence-corrected chi connectivity index (χ0v) is 28.5. The fourth-order valence-electron chi connectivity index (χ4n) is 4.37. The molecule has 246 valence electrons. The summed E-state index contributed by atoms with van der Waals surface area (Å²) in [6.07, 6.45) is -1.03. The number of imide groups is 1. The van der Waals surface area contributed by atoms with Crippen LogP contribution in [0.4, 0.5) is 32.3 Å². The molecule has 0 saturated heterocycles. The highest BCUT2D eigenvalue weighted by atomic mass is 35.5. The number of hydrogen-bond acceptors (Lipinski definition) is 9. The van der Waals surface area contributed by atoms with Crippen molar-refractivity contribution in [1.29, 1.82) is 0 Å². The van der Waals surface area contributed by atoms with Crippen LogP contribution in [0.5, 0.6) is 0 Å². The predicted octanol–water partition coefficient (Wildman–Crippen LogP) is 8.05. The van der Waals surface area contributed by atoms with Crippen LogP contribution in [0, 0.1) is 11.8 Å². The van der Waals surface area contributed by atoms with Gasteiger partial charge in [0.25, 0.3) is 5.91 Å². The monoisotopic (exact) mass is 664 g/mol. The largest absolute Gasteiger partial charge is 0.443 e. The fraction of sp³-hybridized carbons (Fsp3) is 0.500. The topological polar surface area (TPSA) is 127 Å². The van der Waals surface area contributed by atoms with E-state index in [4.69, 9.17) is 37.5 Å². The molecule has 1 heterocycles. The fourth-order valence-corrected chi connectivity index (χ4v) is 4.71. The average Bonchev–Trinajstić information content (AvgIpc) is 3.04. The van der Waals surface area contributed by atoms with Crippen molar-refractivity contribution >= 4 is 70.0 Å². The Kier molecular flexibility index (Phi) is 11.6. The number of anilines is 4. The number of ether oxygens (including phenoxy) is 2. The van der Waals surface area contributed by atoms with E-state index < -0.39 is 41.2 Å². The van der Waals surface area contributed by atoms with Gasteiger partial charge in [0.05, 0.1) is 28.9 Å². The van der Waals surface area contributed by atoms with Crippen molar-refractivity contribution in [3.63, 3.8) is 0 Å². The quantitative estimate of drug-likeness (QED) is 0.288. The summed E-state index contributed by atoms with van der Waals surface area (Å²) in [5.74, 6) is -2.18. The van der Waals surface area contributed by atoms with Crippen molar-refractivity contribution in [2.45, 2.75) is 79.4 Å². The van der Waals surface area contributed by atoms with Gasteiger partial charge in [-0.05, 0) is 90.8 Å². The van der Waals surface area contributed by atoms with Crippen LogP contribution in [-0.2, 0) is 23.9 Å². The number of carbonyl (C=O) groups is 4. The molecule has 3 rings (SSSR count). The maximum atomic E-state index is 13.5. The van der Waals surface area contributed by atoms with Gasteiger partial charge in [-0.15, -0.1) is 5.06 Å². The highest BCUT2D eigenvalue weighted by molar-refractivity contribution is 6.31. The number of carbonyl (C=O) groups excluding carboxylic acids is 4. The van der Waals surface area contributed by atoms with Gasteiger partial charge in [-0.2, -0.15) is 4.90 Å². The van der Waals surface area contributed by atoms with E-state index in [1.54, 1.807) is 66.7 Å². The van der Waals surface area contributed by atoms with Crippen molar-refractivity contribution in [3.05, 3.63) is 46.4 Å². The van der Waals surface area contributed by atoms with Gasteiger partial charge in [0, 0.05) is 23.1 Å². The summed E-state index contributed by atoms with van der Waals surface area (Å²) in [6.45, 7) is 14.1. The van der Waals surface area contributed by atoms with Gasteiger partial charge in [0.15, 0.2) is 0 Å². The molecule has 0 saturated carbocycles. The van der Waals surface area contributed by atoms with Gasteiger partial charge in [-0.1, -0.05) is 37.0 Å². The van der Waals surface area contributed by atoms with Gasteiger partial charge < -0.3 is 24.9 Å². The molecule has 3 amide bonds. The maximum absolute atomic E-state index is 13.5. The molecule has 1 aliphatic rings. The molecule has 2 unspecified atom stereocenters. The Bertz CT molecular complexity index is 1390. The average molecular weight is 666 g/mol. The molecule has 2 atom stereocenters. The molecule has 0 radical (unpaired) electrons. The van der Waals surface area contributed by atoms with Crippen LogP contribution in [0.1, 0.15) is 68.2 Å². The molecule has 2 N–H and O–H groups in total. The van der Waals surface area contributed by atoms with Crippen LogP contribution in [0.2, 0.25) is 10.0 Å². The Balaban J connectivity index is 1.90. The van der Waals surface area contributed by atoms with E-state index in [0.717, 1.165) is 9.96 Å². The highest BCUT2D eigenvalue weighted by Crippen LogP contribution is 2.35. The van der Waals surface area contributed by atoms with Crippen molar-refractivity contribution < 1.29 is 33.5 Å². The second-order valence-electron chi connectivity index (χ2n) is 12.6. The maximum Gasteiger partial charge on any atom is 0.424 e. The standard InChI is InChI=1S/C32H42Cl2N4O7/c1-9-19-17-35-24-16-22(34)12-14-26(24)38(27(19)39)45-28(40)20(10-2)18-36-23-15-21(33)11-13-25(23)37(29(41)43-31(3,4)5)30(42)44-32(6,7)8/h11-16,19-20,35-36H,9-10,17-18H2,1-8H3. The summed E-state index contributed by atoms with van der Waals surface area (Å²) in [6, 6.07) is 9.42. The number of amides is 3. The summed E-state index contributed by atoms with van der Waals surface area (Å²) in [5.41, 5.74) is -0.494. The van der Waals surface area contributed by atoms with Crippen LogP contribution in [0.3, 0.4) is 0 Å². The minimum atomic E-state index is -0.953. The first-order valence-electron chi connectivity index (χ1n) is 14.8. The van der Waals surface area contributed by atoms with E-state index in [1.165, 1.54) is 18.2 Å². The molecule has 0 bridgehead atoms. The second-order valence-corrected chi connectivity index (χ2v) is 13.5. The van der Waals surface area contributed by atoms with E-state index in [1.807, 2.05) is 6.92 Å². The van der Waals surface area contributed by atoms with Gasteiger partial charge in [0.1, 0.15) is 16.9 Å². The molecule has 1 aliphatic heterocycles. The molecular formula is C32H42Cl2N4O7. The number of nitrogens with one attached hydrogen (secondary N) is 2. The number of rotatable bonds is 8. The molecule has 0 aliphatic carbocycles. The molecule has 13 heteroatoms. The van der Waals surface area contributed by atoms with Crippen LogP contribution < -0.4 is 20.6 Å². The first-order chi connectivity index (χ1) is 20.9. The van der Waals surface area contributed by atoms with Crippen LogP contribution in [0.25, 0.3) is 0 Å². The Labute approximate surface area is 274 Å². The van der Waals surface area contributed by atoms with E-state index >= 15 is 0 Å². The van der Waals surface area contributed by atoms with Crippen LogP contribution >= 0.6 is 23.2 Å². The Morgan fingerprint density at radius 1 is 0.978 bits per heavy atom. The lowest BCUT2D eigenvalue weighted by Gasteiger charge is -2.30. The minimum absolute atomic E-state index is 0.0180. The third kappa shape index (κ3) is 9.64. The molecule has 0 spiro atoms. The molecule has 0 aromatic heterocycles. The number of fused-ring (bicyclic) bond motifs is 1. The Morgan fingerprint density at radius 2 is 1.56 bits per heavy atom. The van der Waals surface area contributed by atoms with E-state index in [2.05, 4.69) is 10.6 Å². The van der Waals surface area contributed by atoms with E-state index in [-0.39, 0.29) is 23.8 Å². The van der Waals surface area contributed by atoms with Crippen LogP contribution in [-0.4, -0.2) is 48.4 Å². The lowest BCUT2D eigenvalue weighted by Crippen LogP contribution is -2.44. The van der Waals surface area contributed by atoms with Gasteiger partial charge >= 0.3 is 18.2 Å². The highest BCUT2D eigenvalue weighted by Gasteiger charge is 2.36. The first kappa shape index (κ1) is 35.8. The van der Waals surface area contributed by atoms with Crippen molar-refractivity contribution in [2.75, 3.05) is 33.7 Å². The summed E-state index contributed by atoms with van der Waals surface area (Å²) < 4.78 is 11.0. The van der Waals surface area contributed by atoms with E-state index in [9.17, 15) is 19.2 Å². The predicted molar refractivity (Wildman–Crippen MR) is 176 cm³/mol.